The van der Waals surface area contributed by atoms with Gasteiger partial charge in [0.05, 0.1) is 23.7 Å². The quantitative estimate of drug-likeness (QED) is 0.641. The Kier molecular flexibility index (Phi) is 2.84. The van der Waals surface area contributed by atoms with Crippen molar-refractivity contribution in [2.24, 2.45) is 7.05 Å². The van der Waals surface area contributed by atoms with E-state index >= 15 is 0 Å². The number of aromatic nitrogens is 3. The van der Waals surface area contributed by atoms with E-state index < -0.39 is 4.92 Å². The Hall–Kier alpha value is -2.64. The minimum atomic E-state index is -0.494. The van der Waals surface area contributed by atoms with Gasteiger partial charge in [-0.25, -0.2) is 4.68 Å². The second-order valence-corrected chi connectivity index (χ2v) is 3.56. The third-order valence-electron chi connectivity index (χ3n) is 2.43. The molecule has 0 atom stereocenters. The lowest BCUT2D eigenvalue weighted by molar-refractivity contribution is -0.384. The van der Waals surface area contributed by atoms with Crippen LogP contribution in [0.2, 0.25) is 0 Å². The number of nitrogens with two attached hydrogens (primary N) is 1. The molecule has 2 aromatic rings. The summed E-state index contributed by atoms with van der Waals surface area (Å²) in [6.07, 6.45) is 0. The van der Waals surface area contributed by atoms with Crippen LogP contribution in [0.3, 0.4) is 0 Å². The van der Waals surface area contributed by atoms with Gasteiger partial charge in [0.1, 0.15) is 5.75 Å². The van der Waals surface area contributed by atoms with E-state index in [2.05, 4.69) is 10.1 Å². The average Bonchev–Trinajstić information content (AvgIpc) is 2.68. The first-order chi connectivity index (χ1) is 8.52. The zero-order valence-electron chi connectivity index (χ0n) is 9.82. The molecule has 1 aromatic carbocycles. The molecule has 0 saturated carbocycles. The summed E-state index contributed by atoms with van der Waals surface area (Å²) in [5.41, 5.74) is 6.08. The fraction of sp³-hybridized carbons (Fsp3) is 0.200. The van der Waals surface area contributed by atoms with Gasteiger partial charge >= 0.3 is 0 Å². The Labute approximate surface area is 102 Å². The van der Waals surface area contributed by atoms with Crippen molar-refractivity contribution in [2.45, 2.75) is 0 Å². The number of hydrogen-bond acceptors (Lipinski definition) is 6. The average molecular weight is 249 g/mol. The van der Waals surface area contributed by atoms with Gasteiger partial charge < -0.3 is 10.5 Å². The normalized spacial score (nSPS) is 10.3. The van der Waals surface area contributed by atoms with Crippen LogP contribution in [0.1, 0.15) is 0 Å². The number of non-ortho nitro benzene ring substituents is 1. The van der Waals surface area contributed by atoms with Gasteiger partial charge in [0, 0.05) is 13.1 Å². The van der Waals surface area contributed by atoms with E-state index in [0.717, 1.165) is 0 Å². The summed E-state index contributed by atoms with van der Waals surface area (Å²) < 4.78 is 6.52. The van der Waals surface area contributed by atoms with Crippen LogP contribution in [0.5, 0.6) is 5.75 Å². The van der Waals surface area contributed by atoms with E-state index in [1.54, 1.807) is 7.05 Å². The molecule has 0 radical (unpaired) electrons. The molecule has 0 aliphatic rings. The minimum absolute atomic E-state index is 0.0560. The van der Waals surface area contributed by atoms with Crippen LogP contribution < -0.4 is 10.5 Å². The van der Waals surface area contributed by atoms with Gasteiger partial charge in [-0.15, -0.1) is 5.10 Å². The number of ether oxygens (including phenoxy) is 1. The van der Waals surface area contributed by atoms with Crippen LogP contribution in [0.25, 0.3) is 11.4 Å². The van der Waals surface area contributed by atoms with Gasteiger partial charge in [-0.1, -0.05) is 0 Å². The molecule has 1 heterocycles. The number of nitrogens with zero attached hydrogens (tertiary/aromatic N) is 4. The lowest BCUT2D eigenvalue weighted by atomic mass is 10.1. The van der Waals surface area contributed by atoms with Crippen LogP contribution in [0.4, 0.5) is 11.6 Å². The standard InChI is InChI=1S/C10H11N5O3/c1-14-10(11)12-9(13-14)7-4-3-6(15(16)17)5-8(7)18-2/h3-5H,1-2H3,(H2,11,12,13). The van der Waals surface area contributed by atoms with Gasteiger partial charge in [-0.05, 0) is 6.07 Å². The first kappa shape index (κ1) is 11.8. The van der Waals surface area contributed by atoms with Crippen molar-refractivity contribution in [1.82, 2.24) is 14.8 Å². The fourth-order valence-electron chi connectivity index (χ4n) is 1.49. The molecule has 0 aliphatic heterocycles. The van der Waals surface area contributed by atoms with Crippen LogP contribution in [0, 0.1) is 10.1 Å². The summed E-state index contributed by atoms with van der Waals surface area (Å²) in [5.74, 6) is 0.946. The second-order valence-electron chi connectivity index (χ2n) is 3.56. The van der Waals surface area contributed by atoms with E-state index in [4.69, 9.17) is 10.5 Å². The predicted octanol–water partition coefficient (Wildman–Crippen LogP) is 0.981. The molecule has 0 spiro atoms. The topological polar surface area (TPSA) is 109 Å². The zero-order chi connectivity index (χ0) is 13.3. The van der Waals surface area contributed by atoms with Gasteiger partial charge in [0.2, 0.25) is 5.95 Å². The Bertz CT molecular complexity index is 588. The molecule has 0 fully saturated rings. The molecule has 0 bridgehead atoms. The third kappa shape index (κ3) is 1.95. The van der Waals surface area contributed by atoms with Crippen molar-refractivity contribution in [2.75, 3.05) is 12.8 Å². The Morgan fingerprint density at radius 3 is 2.72 bits per heavy atom. The second kappa shape index (κ2) is 4.32. The van der Waals surface area contributed by atoms with E-state index in [1.807, 2.05) is 0 Å². The van der Waals surface area contributed by atoms with Crippen molar-refractivity contribution >= 4 is 11.6 Å². The maximum atomic E-state index is 10.7. The molecule has 2 N–H and O–H groups in total. The van der Waals surface area contributed by atoms with Crippen molar-refractivity contribution < 1.29 is 9.66 Å². The number of rotatable bonds is 3. The molecular formula is C10H11N5O3. The van der Waals surface area contributed by atoms with Crippen LogP contribution in [0.15, 0.2) is 18.2 Å². The summed E-state index contributed by atoms with van der Waals surface area (Å²) in [6.45, 7) is 0. The number of hydrogen-bond donors (Lipinski definition) is 1. The van der Waals surface area contributed by atoms with Crippen LogP contribution >= 0.6 is 0 Å². The summed E-state index contributed by atoms with van der Waals surface area (Å²) in [5, 5.41) is 14.8. The van der Waals surface area contributed by atoms with E-state index in [-0.39, 0.29) is 11.6 Å². The molecule has 0 amide bonds. The highest BCUT2D eigenvalue weighted by Gasteiger charge is 2.16. The SMILES string of the molecule is COc1cc([N+](=O)[O-])ccc1-c1nc(N)n(C)n1. The number of methoxy groups -OCH3 is 1. The molecule has 0 unspecified atom stereocenters. The maximum absolute atomic E-state index is 10.7. The van der Waals surface area contributed by atoms with E-state index in [1.165, 1.54) is 30.0 Å². The number of anilines is 1. The molecule has 0 aliphatic carbocycles. The van der Waals surface area contributed by atoms with Gasteiger partial charge in [-0.2, -0.15) is 4.98 Å². The van der Waals surface area contributed by atoms with Gasteiger partial charge in [0.15, 0.2) is 5.82 Å². The summed E-state index contributed by atoms with van der Waals surface area (Å²) in [7, 11) is 3.08. The van der Waals surface area contributed by atoms with Gasteiger partial charge in [-0.3, -0.25) is 10.1 Å². The van der Waals surface area contributed by atoms with Crippen LogP contribution in [-0.2, 0) is 7.05 Å². The molecule has 8 nitrogen and oxygen atoms in total. The number of benzene rings is 1. The smallest absolute Gasteiger partial charge is 0.273 e. The summed E-state index contributed by atoms with van der Waals surface area (Å²) in [6, 6.07) is 4.22. The number of nitro benzene ring substituents is 1. The number of aryl methyl sites for hydroxylation is 1. The van der Waals surface area contributed by atoms with E-state index in [0.29, 0.717) is 17.1 Å². The first-order valence-corrected chi connectivity index (χ1v) is 5.02. The molecule has 8 heteroatoms. The largest absolute Gasteiger partial charge is 0.496 e. The number of nitro groups is 1. The van der Waals surface area contributed by atoms with E-state index in [9.17, 15) is 10.1 Å². The Morgan fingerprint density at radius 1 is 1.50 bits per heavy atom. The third-order valence-corrected chi connectivity index (χ3v) is 2.43. The van der Waals surface area contributed by atoms with Crippen molar-refractivity contribution in [3.8, 4) is 17.1 Å². The monoisotopic (exact) mass is 249 g/mol. The highest BCUT2D eigenvalue weighted by atomic mass is 16.6. The van der Waals surface area contributed by atoms with Gasteiger partial charge in [0.25, 0.3) is 5.69 Å². The Morgan fingerprint density at radius 2 is 2.22 bits per heavy atom. The fourth-order valence-corrected chi connectivity index (χ4v) is 1.49. The molecule has 1 aromatic heterocycles. The minimum Gasteiger partial charge on any atom is -0.496 e. The number of nitrogen functional groups attached to an aromatic ring is 1. The molecular weight excluding hydrogens is 238 g/mol. The van der Waals surface area contributed by atoms with Crippen molar-refractivity contribution in [3.05, 3.63) is 28.3 Å². The zero-order valence-corrected chi connectivity index (χ0v) is 9.82. The van der Waals surface area contributed by atoms with Crippen molar-refractivity contribution in [1.29, 1.82) is 0 Å². The predicted molar refractivity (Wildman–Crippen MR) is 64.1 cm³/mol. The molecule has 94 valence electrons. The molecule has 0 saturated heterocycles. The summed E-state index contributed by atoms with van der Waals surface area (Å²) in [4.78, 5) is 14.2. The Balaban J connectivity index is 2.54. The maximum Gasteiger partial charge on any atom is 0.273 e. The van der Waals surface area contributed by atoms with Crippen molar-refractivity contribution in [3.63, 3.8) is 0 Å². The molecule has 18 heavy (non-hydrogen) atoms. The van der Waals surface area contributed by atoms with Crippen LogP contribution in [-0.4, -0.2) is 26.8 Å². The lowest BCUT2D eigenvalue weighted by Crippen LogP contribution is -1.97. The first-order valence-electron chi connectivity index (χ1n) is 5.02. The summed E-state index contributed by atoms with van der Waals surface area (Å²) >= 11 is 0. The highest BCUT2D eigenvalue weighted by Crippen LogP contribution is 2.31. The highest BCUT2D eigenvalue weighted by molar-refractivity contribution is 5.67. The molecule has 2 rings (SSSR count). The lowest BCUT2D eigenvalue weighted by Gasteiger charge is -2.04.